The predicted octanol–water partition coefficient (Wildman–Crippen LogP) is 2.59. The summed E-state index contributed by atoms with van der Waals surface area (Å²) in [4.78, 5) is 14.0. The molecule has 0 radical (unpaired) electrons. The maximum atomic E-state index is 11.3. The van der Waals surface area contributed by atoms with E-state index in [1.807, 2.05) is 0 Å². The highest BCUT2D eigenvalue weighted by Crippen LogP contribution is 2.46. The van der Waals surface area contributed by atoms with Crippen LogP contribution in [-0.4, -0.2) is 36.1 Å². The van der Waals surface area contributed by atoms with Crippen LogP contribution in [0.5, 0.6) is 0 Å². The first-order valence-corrected chi connectivity index (χ1v) is 7.67. The minimum atomic E-state index is -0.0869. The van der Waals surface area contributed by atoms with Gasteiger partial charge in [-0.3, -0.25) is 9.69 Å². The molecule has 102 valence electrons. The molecule has 0 aromatic rings. The van der Waals surface area contributed by atoms with Gasteiger partial charge in [0.15, 0.2) is 0 Å². The van der Waals surface area contributed by atoms with Gasteiger partial charge in [0, 0.05) is 18.9 Å². The Morgan fingerprint density at radius 3 is 2.50 bits per heavy atom. The number of esters is 1. The van der Waals surface area contributed by atoms with Crippen LogP contribution in [-0.2, 0) is 9.53 Å². The molecule has 0 amide bonds. The lowest BCUT2D eigenvalue weighted by atomic mass is 9.80. The van der Waals surface area contributed by atoms with Crippen LogP contribution in [0.4, 0.5) is 0 Å². The first kappa shape index (κ1) is 12.5. The van der Waals surface area contributed by atoms with Crippen molar-refractivity contribution in [3.05, 3.63) is 0 Å². The van der Waals surface area contributed by atoms with E-state index < -0.39 is 0 Å². The molecule has 3 rings (SSSR count). The van der Waals surface area contributed by atoms with E-state index in [2.05, 4.69) is 4.90 Å². The molecule has 0 aromatic heterocycles. The first-order chi connectivity index (χ1) is 8.75. The lowest BCUT2D eigenvalue weighted by Gasteiger charge is -2.43. The van der Waals surface area contributed by atoms with Crippen molar-refractivity contribution in [2.45, 2.75) is 64.0 Å². The van der Waals surface area contributed by atoms with Crippen LogP contribution in [0.3, 0.4) is 0 Å². The van der Waals surface area contributed by atoms with Gasteiger partial charge >= 0.3 is 5.97 Å². The summed E-state index contributed by atoms with van der Waals surface area (Å²) in [5.41, 5.74) is 0. The van der Waals surface area contributed by atoms with Crippen LogP contribution in [0.25, 0.3) is 0 Å². The zero-order valence-corrected chi connectivity index (χ0v) is 11.4. The van der Waals surface area contributed by atoms with E-state index in [9.17, 15) is 4.79 Å². The molecular formula is C15H25NO2. The Bertz CT molecular complexity index is 312. The second-order valence-electron chi connectivity index (χ2n) is 6.32. The number of rotatable bonds is 2. The molecule has 3 nitrogen and oxygen atoms in total. The minimum Gasteiger partial charge on any atom is -0.462 e. The van der Waals surface area contributed by atoms with E-state index in [0.717, 1.165) is 0 Å². The molecule has 0 aromatic carbocycles. The summed E-state index contributed by atoms with van der Waals surface area (Å²) in [6, 6.07) is 0.688. The molecule has 0 spiro atoms. The van der Waals surface area contributed by atoms with Gasteiger partial charge < -0.3 is 4.74 Å². The van der Waals surface area contributed by atoms with Crippen molar-refractivity contribution in [3.8, 4) is 0 Å². The lowest BCUT2D eigenvalue weighted by Crippen LogP contribution is -2.49. The normalized spacial score (nSPS) is 40.7. The van der Waals surface area contributed by atoms with E-state index in [4.69, 9.17) is 4.74 Å². The predicted molar refractivity (Wildman–Crippen MR) is 70.2 cm³/mol. The molecular weight excluding hydrogens is 226 g/mol. The van der Waals surface area contributed by atoms with Crippen LogP contribution in [0.2, 0.25) is 0 Å². The lowest BCUT2D eigenvalue weighted by molar-refractivity contribution is -0.154. The van der Waals surface area contributed by atoms with Crippen LogP contribution in [0, 0.1) is 11.8 Å². The van der Waals surface area contributed by atoms with E-state index in [1.54, 1.807) is 6.92 Å². The van der Waals surface area contributed by atoms with Gasteiger partial charge in [0.2, 0.25) is 0 Å². The molecule has 0 N–H and O–H groups in total. The Kier molecular flexibility index (Phi) is 3.60. The number of piperidine rings is 1. The fraction of sp³-hybridized carbons (Fsp3) is 0.933. The van der Waals surface area contributed by atoms with Crippen molar-refractivity contribution in [1.29, 1.82) is 0 Å². The third-order valence-electron chi connectivity index (χ3n) is 5.25. The average Bonchev–Trinajstić information content (AvgIpc) is 2.62. The molecule has 2 aliphatic carbocycles. The summed E-state index contributed by atoms with van der Waals surface area (Å²) in [5.74, 6) is 1.18. The average molecular weight is 251 g/mol. The molecule has 0 unspecified atom stereocenters. The molecule has 2 bridgehead atoms. The largest absolute Gasteiger partial charge is 0.462 e. The molecule has 1 heterocycles. The van der Waals surface area contributed by atoms with E-state index >= 15 is 0 Å². The summed E-state index contributed by atoms with van der Waals surface area (Å²) in [7, 11) is 0. The van der Waals surface area contributed by atoms with E-state index in [-0.39, 0.29) is 12.1 Å². The van der Waals surface area contributed by atoms with Gasteiger partial charge in [0.1, 0.15) is 6.10 Å². The van der Waals surface area contributed by atoms with Crippen molar-refractivity contribution >= 4 is 5.97 Å². The number of nitrogens with zero attached hydrogens (tertiary/aromatic N) is 1. The van der Waals surface area contributed by atoms with Crippen molar-refractivity contribution < 1.29 is 9.53 Å². The zero-order valence-electron chi connectivity index (χ0n) is 11.4. The van der Waals surface area contributed by atoms with Crippen molar-refractivity contribution in [1.82, 2.24) is 4.90 Å². The van der Waals surface area contributed by atoms with Crippen molar-refractivity contribution in [3.63, 3.8) is 0 Å². The monoisotopic (exact) mass is 251 g/mol. The van der Waals surface area contributed by atoms with Gasteiger partial charge in [-0.2, -0.15) is 0 Å². The quantitative estimate of drug-likeness (QED) is 0.707. The van der Waals surface area contributed by atoms with Crippen LogP contribution >= 0.6 is 0 Å². The van der Waals surface area contributed by atoms with Gasteiger partial charge in [0.05, 0.1) is 0 Å². The number of hydrogen-bond donors (Lipinski definition) is 0. The Morgan fingerprint density at radius 1 is 1.06 bits per heavy atom. The highest BCUT2D eigenvalue weighted by molar-refractivity contribution is 5.66. The Hall–Kier alpha value is -0.570. The van der Waals surface area contributed by atoms with E-state index in [1.165, 1.54) is 58.0 Å². The maximum Gasteiger partial charge on any atom is 0.302 e. The topological polar surface area (TPSA) is 29.5 Å². The van der Waals surface area contributed by atoms with Gasteiger partial charge in [-0.15, -0.1) is 0 Å². The molecule has 4 atom stereocenters. The van der Waals surface area contributed by atoms with Crippen LogP contribution < -0.4 is 0 Å². The van der Waals surface area contributed by atoms with Gasteiger partial charge in [-0.05, 0) is 57.5 Å². The van der Waals surface area contributed by atoms with Crippen molar-refractivity contribution in [2.75, 3.05) is 13.1 Å². The molecule has 2 saturated carbocycles. The Labute approximate surface area is 110 Å². The number of hydrogen-bond acceptors (Lipinski definition) is 3. The van der Waals surface area contributed by atoms with E-state index in [0.29, 0.717) is 17.9 Å². The number of fused-ring (bicyclic) bond motifs is 2. The minimum absolute atomic E-state index is 0.0869. The maximum absolute atomic E-state index is 11.3. The summed E-state index contributed by atoms with van der Waals surface area (Å²) in [6.07, 6.45) is 9.45. The van der Waals surface area contributed by atoms with Crippen LogP contribution in [0.1, 0.15) is 51.9 Å². The van der Waals surface area contributed by atoms with Gasteiger partial charge in [0.25, 0.3) is 0 Å². The number of carbonyl (C=O) groups excluding carboxylic acids is 1. The summed E-state index contributed by atoms with van der Waals surface area (Å²) in [6.45, 7) is 4.08. The number of carbonyl (C=O) groups is 1. The highest BCUT2D eigenvalue weighted by Gasteiger charge is 2.47. The molecule has 3 fully saturated rings. The smallest absolute Gasteiger partial charge is 0.302 e. The molecule has 1 saturated heterocycles. The Balaban J connectivity index is 1.70. The Morgan fingerprint density at radius 2 is 1.78 bits per heavy atom. The molecule has 3 aliphatic rings. The first-order valence-electron chi connectivity index (χ1n) is 7.67. The third kappa shape index (κ3) is 2.29. The summed E-state index contributed by atoms with van der Waals surface area (Å²) >= 11 is 0. The fourth-order valence-corrected chi connectivity index (χ4v) is 4.48. The summed E-state index contributed by atoms with van der Waals surface area (Å²) < 4.78 is 5.63. The van der Waals surface area contributed by atoms with Gasteiger partial charge in [-0.25, -0.2) is 0 Å². The SMILES string of the molecule is CC(=O)O[C@@H]1[C@@H]2CC[C@@H]1[C@H](N1CCCCC1)CC2. The second kappa shape index (κ2) is 5.20. The highest BCUT2D eigenvalue weighted by atomic mass is 16.5. The summed E-state index contributed by atoms with van der Waals surface area (Å²) in [5, 5.41) is 0. The number of ether oxygens (including phenoxy) is 1. The zero-order chi connectivity index (χ0) is 12.5. The number of likely N-dealkylation sites (tertiary alicyclic amines) is 1. The molecule has 18 heavy (non-hydrogen) atoms. The molecule has 1 aliphatic heterocycles. The fourth-order valence-electron chi connectivity index (χ4n) is 4.48. The second-order valence-corrected chi connectivity index (χ2v) is 6.32. The third-order valence-corrected chi connectivity index (χ3v) is 5.25. The van der Waals surface area contributed by atoms with Crippen LogP contribution in [0.15, 0.2) is 0 Å². The van der Waals surface area contributed by atoms with Crippen molar-refractivity contribution in [2.24, 2.45) is 11.8 Å². The molecule has 3 heteroatoms. The standard InChI is InChI=1S/C15H25NO2/c1-11(17)18-15-12-5-7-13(15)14(8-6-12)16-9-3-2-4-10-16/h12-15H,2-10H2,1H3/t12-,13-,14-,15-/m1/s1. The van der Waals surface area contributed by atoms with Gasteiger partial charge in [-0.1, -0.05) is 6.42 Å².